The molecule has 0 saturated carbocycles. The second kappa shape index (κ2) is 10.7. The summed E-state index contributed by atoms with van der Waals surface area (Å²) in [5.41, 5.74) is 1.13. The number of aliphatic imine (C=N–C) groups is 1. The first-order valence-electron chi connectivity index (χ1n) is 10.4. The van der Waals surface area contributed by atoms with Crippen LogP contribution in [-0.2, 0) is 25.9 Å². The first-order valence-corrected chi connectivity index (χ1v) is 10.4. The fourth-order valence-corrected chi connectivity index (χ4v) is 3.47. The van der Waals surface area contributed by atoms with Crippen molar-refractivity contribution >= 4 is 5.96 Å². The highest BCUT2D eigenvalue weighted by Gasteiger charge is 2.14. The number of aryl methyl sites for hydroxylation is 2. The molecule has 7 heteroatoms. The lowest BCUT2D eigenvalue weighted by molar-refractivity contribution is 0.414. The molecule has 0 saturated heterocycles. The van der Waals surface area contributed by atoms with Crippen LogP contribution in [0.4, 0.5) is 0 Å². The summed E-state index contributed by atoms with van der Waals surface area (Å²) >= 11 is 0. The van der Waals surface area contributed by atoms with Crippen LogP contribution in [0.2, 0.25) is 0 Å². The molecular formula is C21H32N6O. The van der Waals surface area contributed by atoms with Crippen molar-refractivity contribution < 1.29 is 4.74 Å². The van der Waals surface area contributed by atoms with Crippen molar-refractivity contribution in [3.63, 3.8) is 0 Å². The number of fused-ring (bicyclic) bond motifs is 1. The van der Waals surface area contributed by atoms with E-state index in [9.17, 15) is 0 Å². The zero-order valence-electron chi connectivity index (χ0n) is 17.1. The molecule has 0 radical (unpaired) electrons. The molecule has 0 aliphatic carbocycles. The number of nitrogens with zero attached hydrogens (tertiary/aromatic N) is 4. The first-order chi connectivity index (χ1) is 13.8. The predicted octanol–water partition coefficient (Wildman–Crippen LogP) is 2.70. The summed E-state index contributed by atoms with van der Waals surface area (Å²) in [5, 5.41) is 15.5. The molecule has 0 fully saturated rings. The minimum atomic E-state index is 0.615. The first kappa shape index (κ1) is 20.2. The summed E-state index contributed by atoms with van der Waals surface area (Å²) in [4.78, 5) is 4.68. The third-order valence-electron chi connectivity index (χ3n) is 4.95. The van der Waals surface area contributed by atoms with E-state index in [2.05, 4.69) is 43.4 Å². The number of guanidine groups is 1. The lowest BCUT2D eigenvalue weighted by Gasteiger charge is -2.12. The van der Waals surface area contributed by atoms with Crippen LogP contribution in [0.5, 0.6) is 5.75 Å². The third kappa shape index (κ3) is 5.71. The Morgan fingerprint density at radius 1 is 1.21 bits per heavy atom. The molecule has 0 unspecified atom stereocenters. The molecule has 2 aromatic rings. The number of hydrogen-bond donors (Lipinski definition) is 2. The maximum Gasteiger partial charge on any atom is 0.191 e. The molecule has 1 aliphatic heterocycles. The van der Waals surface area contributed by atoms with Gasteiger partial charge in [-0.2, -0.15) is 0 Å². The van der Waals surface area contributed by atoms with Crippen LogP contribution < -0.4 is 15.4 Å². The Balaban J connectivity index is 1.49. The topological polar surface area (TPSA) is 76.4 Å². The lowest BCUT2D eigenvalue weighted by atomic mass is 10.2. The van der Waals surface area contributed by atoms with Gasteiger partial charge in [-0.1, -0.05) is 18.6 Å². The number of aromatic nitrogens is 3. The van der Waals surface area contributed by atoms with Gasteiger partial charge in [0.15, 0.2) is 5.96 Å². The van der Waals surface area contributed by atoms with Crippen LogP contribution in [0.3, 0.4) is 0 Å². The third-order valence-corrected chi connectivity index (χ3v) is 4.95. The van der Waals surface area contributed by atoms with E-state index in [4.69, 9.17) is 4.74 Å². The molecule has 28 heavy (non-hydrogen) atoms. The minimum Gasteiger partial charge on any atom is -0.497 e. The summed E-state index contributed by atoms with van der Waals surface area (Å²) in [6, 6.07) is 8.02. The van der Waals surface area contributed by atoms with Crippen molar-refractivity contribution in [2.75, 3.05) is 20.2 Å². The molecule has 0 amide bonds. The normalized spacial score (nSPS) is 14.3. The SMILES string of the molecule is CCNC(=NCc1cccc(OC)c1)NCCCc1nnc2n1CCCCC2. The van der Waals surface area contributed by atoms with Crippen molar-refractivity contribution in [2.45, 2.75) is 58.5 Å². The summed E-state index contributed by atoms with van der Waals surface area (Å²) in [6.45, 7) is 5.45. The molecule has 152 valence electrons. The van der Waals surface area contributed by atoms with Crippen molar-refractivity contribution in [3.05, 3.63) is 41.5 Å². The van der Waals surface area contributed by atoms with Gasteiger partial charge >= 0.3 is 0 Å². The number of nitrogens with one attached hydrogen (secondary N) is 2. The summed E-state index contributed by atoms with van der Waals surface area (Å²) in [6.07, 6.45) is 6.76. The molecule has 1 aromatic heterocycles. The van der Waals surface area contributed by atoms with Gasteiger partial charge in [-0.05, 0) is 43.9 Å². The predicted molar refractivity (Wildman–Crippen MR) is 112 cm³/mol. The molecule has 2 N–H and O–H groups in total. The van der Waals surface area contributed by atoms with Crippen LogP contribution in [0.25, 0.3) is 0 Å². The van der Waals surface area contributed by atoms with E-state index >= 15 is 0 Å². The van der Waals surface area contributed by atoms with Gasteiger partial charge in [0.25, 0.3) is 0 Å². The van der Waals surface area contributed by atoms with E-state index in [1.54, 1.807) is 7.11 Å². The Hall–Kier alpha value is -2.57. The van der Waals surface area contributed by atoms with Gasteiger partial charge in [0.05, 0.1) is 13.7 Å². The second-order valence-corrected chi connectivity index (χ2v) is 7.07. The van der Waals surface area contributed by atoms with Crippen molar-refractivity contribution in [3.8, 4) is 5.75 Å². The summed E-state index contributed by atoms with van der Waals surface area (Å²) in [5.74, 6) is 3.98. The number of rotatable bonds is 8. The van der Waals surface area contributed by atoms with Crippen LogP contribution in [-0.4, -0.2) is 40.9 Å². The van der Waals surface area contributed by atoms with Crippen LogP contribution >= 0.6 is 0 Å². The molecule has 0 spiro atoms. The number of benzene rings is 1. The second-order valence-electron chi connectivity index (χ2n) is 7.07. The Morgan fingerprint density at radius 2 is 2.14 bits per heavy atom. The van der Waals surface area contributed by atoms with Crippen molar-refractivity contribution in [1.29, 1.82) is 0 Å². The number of methoxy groups -OCH3 is 1. The van der Waals surface area contributed by atoms with E-state index in [1.165, 1.54) is 19.3 Å². The highest BCUT2D eigenvalue weighted by molar-refractivity contribution is 5.79. The zero-order valence-corrected chi connectivity index (χ0v) is 17.1. The van der Waals surface area contributed by atoms with Gasteiger partial charge < -0.3 is 19.9 Å². The molecule has 3 rings (SSSR count). The number of ether oxygens (including phenoxy) is 1. The molecule has 7 nitrogen and oxygen atoms in total. The highest BCUT2D eigenvalue weighted by atomic mass is 16.5. The van der Waals surface area contributed by atoms with Gasteiger partial charge in [0, 0.05) is 32.5 Å². The average molecular weight is 385 g/mol. The van der Waals surface area contributed by atoms with E-state index in [0.717, 1.165) is 67.8 Å². The average Bonchev–Trinajstić information content (AvgIpc) is 2.95. The van der Waals surface area contributed by atoms with Crippen molar-refractivity contribution in [2.24, 2.45) is 4.99 Å². The Labute approximate surface area is 167 Å². The Kier molecular flexibility index (Phi) is 7.70. The summed E-state index contributed by atoms with van der Waals surface area (Å²) < 4.78 is 7.61. The fraction of sp³-hybridized carbons (Fsp3) is 0.571. The van der Waals surface area contributed by atoms with Gasteiger partial charge in [0.2, 0.25) is 0 Å². The smallest absolute Gasteiger partial charge is 0.191 e. The quantitative estimate of drug-likeness (QED) is 0.416. The zero-order chi connectivity index (χ0) is 19.6. The standard InChI is InChI=1S/C21H32N6O/c1-3-22-21(24-16-17-9-7-10-18(15-17)28-2)23-13-8-12-20-26-25-19-11-5-4-6-14-27(19)20/h7,9-10,15H,3-6,8,11-14,16H2,1-2H3,(H2,22,23,24). The van der Waals surface area contributed by atoms with Gasteiger partial charge in [-0.15, -0.1) is 10.2 Å². The molecule has 0 atom stereocenters. The minimum absolute atomic E-state index is 0.615. The Morgan fingerprint density at radius 3 is 3.00 bits per heavy atom. The van der Waals surface area contributed by atoms with Crippen LogP contribution in [0.1, 0.15) is 49.8 Å². The van der Waals surface area contributed by atoms with Crippen LogP contribution in [0, 0.1) is 0 Å². The molecule has 1 aliphatic rings. The van der Waals surface area contributed by atoms with E-state index in [1.807, 2.05) is 18.2 Å². The van der Waals surface area contributed by atoms with Gasteiger partial charge in [-0.3, -0.25) is 0 Å². The summed E-state index contributed by atoms with van der Waals surface area (Å²) in [7, 11) is 1.68. The molecule has 2 heterocycles. The largest absolute Gasteiger partial charge is 0.497 e. The maximum absolute atomic E-state index is 5.28. The van der Waals surface area contributed by atoms with E-state index < -0.39 is 0 Å². The highest BCUT2D eigenvalue weighted by Crippen LogP contribution is 2.15. The fourth-order valence-electron chi connectivity index (χ4n) is 3.47. The van der Waals surface area contributed by atoms with Gasteiger partial charge in [0.1, 0.15) is 17.4 Å². The number of hydrogen-bond acceptors (Lipinski definition) is 4. The molecular weight excluding hydrogens is 352 g/mol. The lowest BCUT2D eigenvalue weighted by Crippen LogP contribution is -2.37. The van der Waals surface area contributed by atoms with E-state index in [0.29, 0.717) is 6.54 Å². The Bertz CT molecular complexity index is 770. The van der Waals surface area contributed by atoms with Gasteiger partial charge in [-0.25, -0.2) is 4.99 Å². The van der Waals surface area contributed by atoms with Crippen LogP contribution in [0.15, 0.2) is 29.3 Å². The maximum atomic E-state index is 5.28. The monoisotopic (exact) mass is 384 g/mol. The van der Waals surface area contributed by atoms with E-state index in [-0.39, 0.29) is 0 Å². The molecule has 0 bridgehead atoms. The molecule has 1 aromatic carbocycles. The van der Waals surface area contributed by atoms with Crippen molar-refractivity contribution in [1.82, 2.24) is 25.4 Å².